The first kappa shape index (κ1) is 8.81. The Kier molecular flexibility index (Phi) is 5.23. The van der Waals surface area contributed by atoms with Gasteiger partial charge in [-0.25, -0.2) is 0 Å². The van der Waals surface area contributed by atoms with Gasteiger partial charge in [0, 0.05) is 25.4 Å². The summed E-state index contributed by atoms with van der Waals surface area (Å²) in [5.41, 5.74) is 9.93. The van der Waals surface area contributed by atoms with E-state index in [2.05, 4.69) is 5.32 Å². The molecule has 0 spiro atoms. The molecule has 0 atom stereocenters. The van der Waals surface area contributed by atoms with Crippen molar-refractivity contribution in [2.24, 2.45) is 11.5 Å². The molecule has 0 bridgehead atoms. The fraction of sp³-hybridized carbons (Fsp3) is 0.500. The van der Waals surface area contributed by atoms with Crippen LogP contribution in [0, 0.1) is 0 Å². The number of nitrogens with one attached hydrogen (secondary N) is 1. The molecular weight excluding hydrogens is 130 g/mol. The minimum absolute atomic E-state index is 0.265. The van der Waals surface area contributed by atoms with E-state index >= 15 is 0 Å². The molecule has 0 unspecified atom stereocenters. The maximum atomic E-state index is 10.2. The average Bonchev–Trinajstić information content (AvgIpc) is 1.87. The summed E-state index contributed by atoms with van der Waals surface area (Å²) >= 11 is 0. The van der Waals surface area contributed by atoms with Crippen molar-refractivity contribution in [1.29, 1.82) is 0 Å². The molecule has 0 rings (SSSR count). The quantitative estimate of drug-likeness (QED) is 0.444. The lowest BCUT2D eigenvalue weighted by Gasteiger charge is -1.96. The molecule has 0 saturated carbocycles. The molecule has 4 nitrogen and oxygen atoms in total. The molecular formula is C6H13N3O. The van der Waals surface area contributed by atoms with Gasteiger partial charge in [-0.2, -0.15) is 0 Å². The van der Waals surface area contributed by atoms with Gasteiger partial charge in [-0.1, -0.05) is 0 Å². The lowest BCUT2D eigenvalue weighted by molar-refractivity contribution is -0.118. The Labute approximate surface area is 60.3 Å². The van der Waals surface area contributed by atoms with Crippen LogP contribution in [0.4, 0.5) is 0 Å². The van der Waals surface area contributed by atoms with Gasteiger partial charge in [0.15, 0.2) is 0 Å². The van der Waals surface area contributed by atoms with Gasteiger partial charge in [0.25, 0.3) is 0 Å². The van der Waals surface area contributed by atoms with Gasteiger partial charge in [0.1, 0.15) is 0 Å². The van der Waals surface area contributed by atoms with Gasteiger partial charge in [0.05, 0.1) is 0 Å². The topological polar surface area (TPSA) is 81.1 Å². The van der Waals surface area contributed by atoms with Crippen molar-refractivity contribution in [2.45, 2.75) is 12.8 Å². The highest BCUT2D eigenvalue weighted by Gasteiger charge is 1.90. The molecule has 0 radical (unpaired) electrons. The van der Waals surface area contributed by atoms with Crippen LogP contribution in [0.1, 0.15) is 12.8 Å². The summed E-state index contributed by atoms with van der Waals surface area (Å²) in [7, 11) is 0. The van der Waals surface area contributed by atoms with Gasteiger partial charge in [-0.05, 0) is 6.42 Å². The Morgan fingerprint density at radius 1 is 1.60 bits per heavy atom. The van der Waals surface area contributed by atoms with Gasteiger partial charge in [-0.3, -0.25) is 4.79 Å². The number of rotatable bonds is 5. The molecule has 0 aromatic carbocycles. The van der Waals surface area contributed by atoms with E-state index in [0.717, 1.165) is 13.0 Å². The van der Waals surface area contributed by atoms with Crippen molar-refractivity contribution < 1.29 is 4.79 Å². The van der Waals surface area contributed by atoms with E-state index in [9.17, 15) is 4.79 Å². The number of primary amides is 1. The van der Waals surface area contributed by atoms with Crippen molar-refractivity contribution in [2.75, 3.05) is 6.54 Å². The van der Waals surface area contributed by atoms with Crippen LogP contribution >= 0.6 is 0 Å². The first-order valence-corrected chi connectivity index (χ1v) is 3.16. The third-order valence-corrected chi connectivity index (χ3v) is 0.958. The van der Waals surface area contributed by atoms with Crippen molar-refractivity contribution in [3.05, 3.63) is 12.4 Å². The monoisotopic (exact) mass is 143 g/mol. The predicted octanol–water partition coefficient (Wildman–Crippen LogP) is -0.729. The Balaban J connectivity index is 2.98. The SMILES string of the molecule is NC=CNCCCC(N)=O. The third-order valence-electron chi connectivity index (χ3n) is 0.958. The molecule has 0 fully saturated rings. The lowest BCUT2D eigenvalue weighted by Crippen LogP contribution is -2.14. The van der Waals surface area contributed by atoms with Crippen LogP contribution in [0.15, 0.2) is 12.4 Å². The lowest BCUT2D eigenvalue weighted by atomic mass is 10.3. The first-order chi connectivity index (χ1) is 4.77. The molecule has 0 aliphatic carbocycles. The smallest absolute Gasteiger partial charge is 0.217 e. The maximum absolute atomic E-state index is 10.2. The highest BCUT2D eigenvalue weighted by atomic mass is 16.1. The molecule has 0 aromatic rings. The van der Waals surface area contributed by atoms with Crippen LogP contribution in [0.2, 0.25) is 0 Å². The molecule has 0 aliphatic heterocycles. The molecule has 0 aromatic heterocycles. The number of amides is 1. The number of hydrogen-bond donors (Lipinski definition) is 3. The standard InChI is InChI=1S/C6H13N3O/c7-3-5-9-4-1-2-6(8)10/h3,5,9H,1-2,4,7H2,(H2,8,10). The zero-order valence-electron chi connectivity index (χ0n) is 5.84. The summed E-state index contributed by atoms with van der Waals surface area (Å²) in [4.78, 5) is 10.2. The van der Waals surface area contributed by atoms with Crippen LogP contribution < -0.4 is 16.8 Å². The van der Waals surface area contributed by atoms with E-state index in [1.807, 2.05) is 0 Å². The zero-order chi connectivity index (χ0) is 7.82. The van der Waals surface area contributed by atoms with Crippen molar-refractivity contribution in [3.63, 3.8) is 0 Å². The molecule has 0 aliphatic rings. The molecule has 10 heavy (non-hydrogen) atoms. The highest BCUT2D eigenvalue weighted by Crippen LogP contribution is 1.83. The minimum atomic E-state index is -0.265. The van der Waals surface area contributed by atoms with Crippen LogP contribution in [-0.2, 0) is 4.79 Å². The van der Waals surface area contributed by atoms with Gasteiger partial charge >= 0.3 is 0 Å². The molecule has 0 heterocycles. The van der Waals surface area contributed by atoms with Gasteiger partial charge in [-0.15, -0.1) is 0 Å². The summed E-state index contributed by atoms with van der Waals surface area (Å²) in [5.74, 6) is -0.265. The predicted molar refractivity (Wildman–Crippen MR) is 39.8 cm³/mol. The van der Waals surface area contributed by atoms with Crippen LogP contribution in [-0.4, -0.2) is 12.5 Å². The highest BCUT2D eigenvalue weighted by molar-refractivity contribution is 5.73. The van der Waals surface area contributed by atoms with E-state index in [1.54, 1.807) is 6.20 Å². The van der Waals surface area contributed by atoms with E-state index in [4.69, 9.17) is 11.5 Å². The molecule has 4 heteroatoms. The molecule has 5 N–H and O–H groups in total. The van der Waals surface area contributed by atoms with Crippen molar-refractivity contribution >= 4 is 5.91 Å². The Morgan fingerprint density at radius 2 is 2.30 bits per heavy atom. The Morgan fingerprint density at radius 3 is 2.80 bits per heavy atom. The molecule has 0 saturated heterocycles. The van der Waals surface area contributed by atoms with E-state index in [1.165, 1.54) is 6.20 Å². The number of carbonyl (C=O) groups is 1. The van der Waals surface area contributed by atoms with Gasteiger partial charge in [0.2, 0.25) is 5.91 Å². The molecule has 58 valence electrons. The second-order valence-corrected chi connectivity index (χ2v) is 1.88. The van der Waals surface area contributed by atoms with Crippen molar-refractivity contribution in [1.82, 2.24) is 5.32 Å². The van der Waals surface area contributed by atoms with Crippen LogP contribution in [0.25, 0.3) is 0 Å². The van der Waals surface area contributed by atoms with Crippen LogP contribution in [0.3, 0.4) is 0 Å². The van der Waals surface area contributed by atoms with Gasteiger partial charge < -0.3 is 16.8 Å². The average molecular weight is 143 g/mol. The summed E-state index contributed by atoms with van der Waals surface area (Å²) in [5, 5.41) is 2.88. The summed E-state index contributed by atoms with van der Waals surface area (Å²) < 4.78 is 0. The fourth-order valence-electron chi connectivity index (χ4n) is 0.516. The number of nitrogens with two attached hydrogens (primary N) is 2. The first-order valence-electron chi connectivity index (χ1n) is 3.16. The maximum Gasteiger partial charge on any atom is 0.217 e. The van der Waals surface area contributed by atoms with Crippen LogP contribution in [0.5, 0.6) is 0 Å². The second kappa shape index (κ2) is 5.94. The fourth-order valence-corrected chi connectivity index (χ4v) is 0.516. The van der Waals surface area contributed by atoms with E-state index < -0.39 is 0 Å². The third kappa shape index (κ3) is 6.81. The van der Waals surface area contributed by atoms with E-state index in [0.29, 0.717) is 6.42 Å². The van der Waals surface area contributed by atoms with Crippen molar-refractivity contribution in [3.8, 4) is 0 Å². The summed E-state index contributed by atoms with van der Waals surface area (Å²) in [6, 6.07) is 0. The number of hydrogen-bond acceptors (Lipinski definition) is 3. The minimum Gasteiger partial charge on any atom is -0.403 e. The normalized spacial score (nSPS) is 10.0. The number of carbonyl (C=O) groups excluding carboxylic acids is 1. The van der Waals surface area contributed by atoms with E-state index in [-0.39, 0.29) is 5.91 Å². The zero-order valence-corrected chi connectivity index (χ0v) is 5.84. The second-order valence-electron chi connectivity index (χ2n) is 1.88. The Hall–Kier alpha value is -1.19. The Bertz CT molecular complexity index is 122. The summed E-state index contributed by atoms with van der Waals surface area (Å²) in [6.45, 7) is 0.733. The summed E-state index contributed by atoms with van der Waals surface area (Å²) in [6.07, 6.45) is 4.20. The molecule has 1 amide bonds. The largest absolute Gasteiger partial charge is 0.403 e.